The van der Waals surface area contributed by atoms with Crippen molar-refractivity contribution in [2.45, 2.75) is 12.1 Å². The van der Waals surface area contributed by atoms with Gasteiger partial charge in [-0.15, -0.1) is 0 Å². The summed E-state index contributed by atoms with van der Waals surface area (Å²) in [6.07, 6.45) is 0. The second-order valence-electron chi connectivity index (χ2n) is 3.80. The SMILES string of the molecule is C=C1NC(=O)C(N=NC2C(=O)NC(=O)NC2=O)C(=O)N1. The number of carbonyl (C=O) groups excluding carboxylic acids is 5. The lowest BCUT2D eigenvalue weighted by Gasteiger charge is -2.21. The topological polar surface area (TPSA) is 158 Å². The van der Waals surface area contributed by atoms with Crippen molar-refractivity contribution in [1.82, 2.24) is 21.3 Å². The molecule has 2 heterocycles. The van der Waals surface area contributed by atoms with E-state index >= 15 is 0 Å². The van der Waals surface area contributed by atoms with Crippen LogP contribution in [0.4, 0.5) is 4.79 Å². The highest BCUT2D eigenvalue weighted by Crippen LogP contribution is 2.05. The van der Waals surface area contributed by atoms with E-state index in [4.69, 9.17) is 0 Å². The standard InChI is InChI=1S/C9H8N6O5/c1-2-10-5(16)3(6(17)11-2)14-15-4-7(18)12-9(20)13-8(4)19/h3-4H,1H2,(H,10,16)(H,11,17)(H2,12,13,18,19,20). The Labute approximate surface area is 110 Å². The number of nitrogens with one attached hydrogen (secondary N) is 4. The van der Waals surface area contributed by atoms with Crippen LogP contribution < -0.4 is 21.3 Å². The van der Waals surface area contributed by atoms with Gasteiger partial charge >= 0.3 is 6.03 Å². The lowest BCUT2D eigenvalue weighted by molar-refractivity contribution is -0.135. The van der Waals surface area contributed by atoms with Gasteiger partial charge in [0.15, 0.2) is 0 Å². The summed E-state index contributed by atoms with van der Waals surface area (Å²) in [5.41, 5.74) is 0. The van der Waals surface area contributed by atoms with Crippen molar-refractivity contribution in [3.8, 4) is 0 Å². The molecular weight excluding hydrogens is 272 g/mol. The normalized spacial score (nSPS) is 21.6. The van der Waals surface area contributed by atoms with Gasteiger partial charge in [-0.05, 0) is 0 Å². The van der Waals surface area contributed by atoms with Crippen LogP contribution in [0.25, 0.3) is 0 Å². The molecular formula is C9H8N6O5. The number of hydrogen-bond donors (Lipinski definition) is 4. The lowest BCUT2D eigenvalue weighted by atomic mass is 10.2. The number of nitrogens with zero attached hydrogens (tertiary/aromatic N) is 2. The molecule has 0 spiro atoms. The van der Waals surface area contributed by atoms with Gasteiger partial charge in [0.25, 0.3) is 23.6 Å². The highest BCUT2D eigenvalue weighted by molar-refractivity contribution is 6.19. The van der Waals surface area contributed by atoms with E-state index in [1.54, 1.807) is 10.6 Å². The van der Waals surface area contributed by atoms with Gasteiger partial charge in [0.1, 0.15) is 5.82 Å². The third-order valence-electron chi connectivity index (χ3n) is 2.31. The highest BCUT2D eigenvalue weighted by Gasteiger charge is 2.36. The Balaban J connectivity index is 2.12. The van der Waals surface area contributed by atoms with Crippen LogP contribution in [-0.4, -0.2) is 41.7 Å². The van der Waals surface area contributed by atoms with Gasteiger partial charge in [0.2, 0.25) is 12.1 Å². The van der Waals surface area contributed by atoms with Crippen LogP contribution in [0.15, 0.2) is 22.6 Å². The second kappa shape index (κ2) is 4.87. The van der Waals surface area contributed by atoms with Crippen LogP contribution in [-0.2, 0) is 19.2 Å². The van der Waals surface area contributed by atoms with Crippen molar-refractivity contribution in [1.29, 1.82) is 0 Å². The molecule has 20 heavy (non-hydrogen) atoms. The molecule has 2 fully saturated rings. The monoisotopic (exact) mass is 280 g/mol. The fraction of sp³-hybridized carbons (Fsp3) is 0.222. The Morgan fingerprint density at radius 1 is 0.700 bits per heavy atom. The number of imide groups is 2. The van der Waals surface area contributed by atoms with E-state index in [1.165, 1.54) is 0 Å². The van der Waals surface area contributed by atoms with Gasteiger partial charge < -0.3 is 10.6 Å². The summed E-state index contributed by atoms with van der Waals surface area (Å²) in [5, 5.41) is 14.7. The molecule has 0 saturated carbocycles. The summed E-state index contributed by atoms with van der Waals surface area (Å²) in [6.45, 7) is 3.33. The van der Waals surface area contributed by atoms with E-state index < -0.39 is 41.7 Å². The first-order valence-corrected chi connectivity index (χ1v) is 5.25. The lowest BCUT2D eigenvalue weighted by Crippen LogP contribution is -2.58. The predicted molar refractivity (Wildman–Crippen MR) is 59.5 cm³/mol. The van der Waals surface area contributed by atoms with Gasteiger partial charge in [-0.1, -0.05) is 6.58 Å². The van der Waals surface area contributed by atoms with Crippen molar-refractivity contribution in [2.75, 3.05) is 0 Å². The molecule has 11 nitrogen and oxygen atoms in total. The van der Waals surface area contributed by atoms with E-state index in [2.05, 4.69) is 27.4 Å². The third kappa shape index (κ3) is 2.50. The molecule has 2 aliphatic heterocycles. The molecule has 2 saturated heterocycles. The molecule has 0 radical (unpaired) electrons. The summed E-state index contributed by atoms with van der Waals surface area (Å²) in [7, 11) is 0. The van der Waals surface area contributed by atoms with Crippen LogP contribution in [0.3, 0.4) is 0 Å². The number of hydrogen-bond acceptors (Lipinski definition) is 7. The number of urea groups is 1. The minimum absolute atomic E-state index is 0.00907. The zero-order valence-electron chi connectivity index (χ0n) is 9.80. The maximum atomic E-state index is 11.5. The molecule has 0 aromatic heterocycles. The van der Waals surface area contributed by atoms with Crippen LogP contribution in [0.5, 0.6) is 0 Å². The third-order valence-corrected chi connectivity index (χ3v) is 2.31. The smallest absolute Gasteiger partial charge is 0.310 e. The van der Waals surface area contributed by atoms with Crippen molar-refractivity contribution < 1.29 is 24.0 Å². The summed E-state index contributed by atoms with van der Waals surface area (Å²) >= 11 is 0. The zero-order valence-corrected chi connectivity index (χ0v) is 9.80. The van der Waals surface area contributed by atoms with Crippen LogP contribution >= 0.6 is 0 Å². The molecule has 0 aliphatic carbocycles. The summed E-state index contributed by atoms with van der Waals surface area (Å²) in [5.74, 6) is -3.59. The Kier molecular flexibility index (Phi) is 3.25. The van der Waals surface area contributed by atoms with Crippen LogP contribution in [0, 0.1) is 0 Å². The highest BCUT2D eigenvalue weighted by atomic mass is 16.2. The van der Waals surface area contributed by atoms with Gasteiger partial charge in [0.05, 0.1) is 0 Å². The van der Waals surface area contributed by atoms with E-state index in [-0.39, 0.29) is 5.82 Å². The number of carbonyl (C=O) groups is 5. The van der Waals surface area contributed by atoms with Gasteiger partial charge in [0, 0.05) is 0 Å². The van der Waals surface area contributed by atoms with Gasteiger partial charge in [-0.25, -0.2) is 4.79 Å². The molecule has 0 unspecified atom stereocenters. The van der Waals surface area contributed by atoms with Crippen molar-refractivity contribution in [2.24, 2.45) is 10.2 Å². The molecule has 0 aromatic carbocycles. The number of azo groups is 1. The Hall–Kier alpha value is -3.11. The maximum Gasteiger partial charge on any atom is 0.328 e. The Morgan fingerprint density at radius 2 is 1.05 bits per heavy atom. The largest absolute Gasteiger partial charge is 0.328 e. The predicted octanol–water partition coefficient (Wildman–Crippen LogP) is -2.74. The van der Waals surface area contributed by atoms with Crippen LogP contribution in [0.2, 0.25) is 0 Å². The first-order valence-electron chi connectivity index (χ1n) is 5.25. The average Bonchev–Trinajstić information content (AvgIpc) is 2.30. The number of amides is 6. The number of barbiturate groups is 1. The molecule has 4 N–H and O–H groups in total. The van der Waals surface area contributed by atoms with Crippen LogP contribution in [0.1, 0.15) is 0 Å². The molecule has 0 atom stereocenters. The molecule has 2 aliphatic rings. The maximum absolute atomic E-state index is 11.5. The Bertz CT molecular complexity index is 491. The first kappa shape index (κ1) is 13.3. The molecule has 104 valence electrons. The van der Waals surface area contributed by atoms with Crippen molar-refractivity contribution in [3.63, 3.8) is 0 Å². The van der Waals surface area contributed by atoms with Crippen molar-refractivity contribution >= 4 is 29.7 Å². The summed E-state index contributed by atoms with van der Waals surface area (Å²) in [6, 6.07) is -4.16. The quantitative estimate of drug-likeness (QED) is 0.318. The van der Waals surface area contributed by atoms with Gasteiger partial charge in [-0.2, -0.15) is 10.2 Å². The fourth-order valence-corrected chi connectivity index (χ4v) is 1.44. The zero-order chi connectivity index (χ0) is 14.9. The molecule has 11 heteroatoms. The molecule has 6 amide bonds. The fourth-order valence-electron chi connectivity index (χ4n) is 1.44. The minimum Gasteiger partial charge on any atom is -0.310 e. The van der Waals surface area contributed by atoms with Gasteiger partial charge in [-0.3, -0.25) is 29.8 Å². The van der Waals surface area contributed by atoms with Crippen molar-refractivity contribution in [3.05, 3.63) is 12.4 Å². The van der Waals surface area contributed by atoms with E-state index in [9.17, 15) is 24.0 Å². The minimum atomic E-state index is -1.64. The summed E-state index contributed by atoms with van der Waals surface area (Å²) < 4.78 is 0. The van der Waals surface area contributed by atoms with E-state index in [0.29, 0.717) is 0 Å². The molecule has 2 rings (SSSR count). The molecule has 0 aromatic rings. The second-order valence-corrected chi connectivity index (χ2v) is 3.80. The Morgan fingerprint density at radius 3 is 1.45 bits per heavy atom. The molecule has 0 bridgehead atoms. The number of rotatable bonds is 2. The average molecular weight is 280 g/mol. The first-order chi connectivity index (χ1) is 9.38. The summed E-state index contributed by atoms with van der Waals surface area (Å²) in [4.78, 5) is 56.4. The van der Waals surface area contributed by atoms with E-state index in [0.717, 1.165) is 0 Å². The van der Waals surface area contributed by atoms with E-state index in [1.807, 2.05) is 0 Å².